The van der Waals surface area contributed by atoms with E-state index in [0.29, 0.717) is 6.61 Å². The lowest BCUT2D eigenvalue weighted by Crippen LogP contribution is -2.37. The van der Waals surface area contributed by atoms with E-state index < -0.39 is 0 Å². The number of piperidine rings is 1. The first-order chi connectivity index (χ1) is 6.49. The van der Waals surface area contributed by atoms with Gasteiger partial charge in [0, 0.05) is 13.1 Å². The van der Waals surface area contributed by atoms with E-state index >= 15 is 0 Å². The zero-order valence-electron chi connectivity index (χ0n) is 9.38. The third-order valence-electron chi connectivity index (χ3n) is 2.09. The minimum absolute atomic E-state index is 0.0531. The molecular weight excluding hydrogens is 178 g/mol. The maximum atomic E-state index is 11.5. The fraction of sp³-hybridized carbons (Fsp3) is 0.818. The minimum Gasteiger partial charge on any atom is -0.449 e. The molecule has 1 aliphatic heterocycles. The quantitative estimate of drug-likeness (QED) is 0.647. The Labute approximate surface area is 86.4 Å². The van der Waals surface area contributed by atoms with Gasteiger partial charge in [0.05, 0.1) is 6.61 Å². The molecule has 0 unspecified atom stereocenters. The maximum absolute atomic E-state index is 11.5. The van der Waals surface area contributed by atoms with Crippen molar-refractivity contribution < 1.29 is 9.53 Å². The lowest BCUT2D eigenvalue weighted by atomic mass is 9.99. The lowest BCUT2D eigenvalue weighted by Gasteiger charge is -2.27. The Kier molecular flexibility index (Phi) is 3.78. The van der Waals surface area contributed by atoms with E-state index in [1.165, 1.54) is 0 Å². The van der Waals surface area contributed by atoms with Gasteiger partial charge >= 0.3 is 6.09 Å². The first-order valence-corrected chi connectivity index (χ1v) is 5.22. The Hall–Kier alpha value is -0.730. The van der Waals surface area contributed by atoms with Gasteiger partial charge in [0.15, 0.2) is 0 Å². The Balaban J connectivity index is 2.27. The Morgan fingerprint density at radius 1 is 1.36 bits per heavy atom. The first kappa shape index (κ1) is 11.3. The van der Waals surface area contributed by atoms with Crippen LogP contribution in [0.5, 0.6) is 0 Å². The van der Waals surface area contributed by atoms with Crippen LogP contribution >= 0.6 is 0 Å². The molecule has 0 spiro atoms. The molecule has 0 N–H and O–H groups in total. The summed E-state index contributed by atoms with van der Waals surface area (Å²) < 4.78 is 5.22. The van der Waals surface area contributed by atoms with Crippen LogP contribution in [0.3, 0.4) is 0 Å². The second-order valence-electron chi connectivity index (χ2n) is 4.97. The third kappa shape index (κ3) is 3.99. The van der Waals surface area contributed by atoms with Crippen molar-refractivity contribution >= 4 is 6.09 Å². The SMILES string of the molecule is CC(C)(C)COC(=O)N1CC[CH]CC1. The van der Waals surface area contributed by atoms with E-state index in [2.05, 4.69) is 27.2 Å². The summed E-state index contributed by atoms with van der Waals surface area (Å²) in [6, 6.07) is 0. The fourth-order valence-electron chi connectivity index (χ4n) is 1.30. The Morgan fingerprint density at radius 2 is 1.93 bits per heavy atom. The highest BCUT2D eigenvalue weighted by atomic mass is 16.6. The van der Waals surface area contributed by atoms with Gasteiger partial charge in [-0.25, -0.2) is 4.79 Å². The summed E-state index contributed by atoms with van der Waals surface area (Å²) in [5, 5.41) is 0. The summed E-state index contributed by atoms with van der Waals surface area (Å²) in [5.74, 6) is 0. The van der Waals surface area contributed by atoms with Crippen LogP contribution in [0.2, 0.25) is 0 Å². The van der Waals surface area contributed by atoms with Crippen LogP contribution in [-0.4, -0.2) is 30.7 Å². The molecule has 0 aromatic heterocycles. The molecule has 1 heterocycles. The van der Waals surface area contributed by atoms with Crippen LogP contribution in [0.15, 0.2) is 0 Å². The van der Waals surface area contributed by atoms with Gasteiger partial charge in [-0.05, 0) is 24.7 Å². The van der Waals surface area contributed by atoms with E-state index in [-0.39, 0.29) is 11.5 Å². The van der Waals surface area contributed by atoms with Crippen molar-refractivity contribution in [1.29, 1.82) is 0 Å². The topological polar surface area (TPSA) is 29.5 Å². The summed E-state index contributed by atoms with van der Waals surface area (Å²) in [6.45, 7) is 8.29. The number of amides is 1. The first-order valence-electron chi connectivity index (χ1n) is 5.22. The van der Waals surface area contributed by atoms with Crippen LogP contribution in [0, 0.1) is 11.8 Å². The number of hydrogen-bond acceptors (Lipinski definition) is 2. The minimum atomic E-state index is -0.159. The van der Waals surface area contributed by atoms with Crippen molar-refractivity contribution in [1.82, 2.24) is 4.90 Å². The van der Waals surface area contributed by atoms with E-state index in [4.69, 9.17) is 4.74 Å². The standard InChI is InChI=1S/C11H20NO2/c1-11(2,3)9-14-10(13)12-7-5-4-6-8-12/h4H,5-9H2,1-3H3. The molecule has 0 aromatic carbocycles. The summed E-state index contributed by atoms with van der Waals surface area (Å²) >= 11 is 0. The third-order valence-corrected chi connectivity index (χ3v) is 2.09. The Morgan fingerprint density at radius 3 is 2.43 bits per heavy atom. The highest BCUT2D eigenvalue weighted by Gasteiger charge is 2.20. The van der Waals surface area contributed by atoms with Gasteiger partial charge in [0.25, 0.3) is 0 Å². The van der Waals surface area contributed by atoms with Crippen molar-refractivity contribution in [3.8, 4) is 0 Å². The van der Waals surface area contributed by atoms with Gasteiger partial charge in [-0.3, -0.25) is 0 Å². The van der Waals surface area contributed by atoms with E-state index in [0.717, 1.165) is 25.9 Å². The van der Waals surface area contributed by atoms with Gasteiger partial charge in [-0.15, -0.1) is 0 Å². The van der Waals surface area contributed by atoms with E-state index in [9.17, 15) is 4.79 Å². The number of nitrogens with zero attached hydrogens (tertiary/aromatic N) is 1. The zero-order chi connectivity index (χ0) is 10.6. The fourth-order valence-corrected chi connectivity index (χ4v) is 1.30. The predicted octanol–water partition coefficient (Wildman–Crippen LogP) is 2.47. The van der Waals surface area contributed by atoms with Crippen molar-refractivity contribution in [3.63, 3.8) is 0 Å². The number of hydrogen-bond donors (Lipinski definition) is 0. The lowest BCUT2D eigenvalue weighted by molar-refractivity contribution is 0.0700. The van der Waals surface area contributed by atoms with E-state index in [1.54, 1.807) is 4.90 Å². The van der Waals surface area contributed by atoms with Gasteiger partial charge in [-0.1, -0.05) is 20.8 Å². The van der Waals surface area contributed by atoms with Crippen LogP contribution in [0.1, 0.15) is 33.6 Å². The average Bonchev–Trinajstić information content (AvgIpc) is 2.14. The highest BCUT2D eigenvalue weighted by molar-refractivity contribution is 5.67. The smallest absolute Gasteiger partial charge is 0.409 e. The largest absolute Gasteiger partial charge is 0.449 e. The molecule has 1 fully saturated rings. The molecule has 0 aromatic rings. The van der Waals surface area contributed by atoms with Gasteiger partial charge < -0.3 is 9.64 Å². The molecule has 1 aliphatic rings. The number of ether oxygens (including phenoxy) is 1. The Bertz CT molecular complexity index is 190. The van der Waals surface area contributed by atoms with Crippen molar-refractivity contribution in [2.45, 2.75) is 33.6 Å². The summed E-state index contributed by atoms with van der Waals surface area (Å²) in [4.78, 5) is 13.3. The number of rotatable bonds is 1. The second-order valence-corrected chi connectivity index (χ2v) is 4.97. The summed E-state index contributed by atoms with van der Waals surface area (Å²) in [7, 11) is 0. The van der Waals surface area contributed by atoms with Crippen molar-refractivity contribution in [3.05, 3.63) is 6.42 Å². The van der Waals surface area contributed by atoms with Gasteiger partial charge in [0.1, 0.15) is 0 Å². The molecule has 1 saturated heterocycles. The van der Waals surface area contributed by atoms with Crippen LogP contribution in [0.25, 0.3) is 0 Å². The molecule has 0 bridgehead atoms. The highest BCUT2D eigenvalue weighted by Crippen LogP contribution is 2.15. The zero-order valence-corrected chi connectivity index (χ0v) is 9.38. The molecule has 3 heteroatoms. The van der Waals surface area contributed by atoms with Crippen molar-refractivity contribution in [2.75, 3.05) is 19.7 Å². The molecule has 81 valence electrons. The van der Waals surface area contributed by atoms with Gasteiger partial charge in [0.2, 0.25) is 0 Å². The molecule has 0 saturated carbocycles. The number of carbonyl (C=O) groups is 1. The van der Waals surface area contributed by atoms with E-state index in [1.807, 2.05) is 0 Å². The van der Waals surface area contributed by atoms with Crippen LogP contribution < -0.4 is 0 Å². The molecule has 1 radical (unpaired) electrons. The van der Waals surface area contributed by atoms with Gasteiger partial charge in [-0.2, -0.15) is 0 Å². The number of likely N-dealkylation sites (tertiary alicyclic amines) is 1. The molecule has 0 atom stereocenters. The summed E-state index contributed by atoms with van der Waals surface area (Å²) in [6.07, 6.45) is 4.04. The predicted molar refractivity (Wildman–Crippen MR) is 55.9 cm³/mol. The molecule has 0 aliphatic carbocycles. The summed E-state index contributed by atoms with van der Waals surface area (Å²) in [5.41, 5.74) is 0.0531. The normalized spacial score (nSPS) is 18.1. The monoisotopic (exact) mass is 198 g/mol. The van der Waals surface area contributed by atoms with Crippen LogP contribution in [-0.2, 0) is 4.74 Å². The van der Waals surface area contributed by atoms with Crippen LogP contribution in [0.4, 0.5) is 4.79 Å². The second kappa shape index (κ2) is 4.67. The number of carbonyl (C=O) groups excluding carboxylic acids is 1. The average molecular weight is 198 g/mol. The molecule has 1 rings (SSSR count). The maximum Gasteiger partial charge on any atom is 0.409 e. The van der Waals surface area contributed by atoms with Crippen molar-refractivity contribution in [2.24, 2.45) is 5.41 Å². The molecule has 14 heavy (non-hydrogen) atoms. The molecular formula is C11H20NO2. The molecule has 1 amide bonds. The molecule has 3 nitrogen and oxygen atoms in total.